The first kappa shape index (κ1) is 21.1. The fraction of sp³-hybridized carbons (Fsp3) is 0.632. The minimum absolute atomic E-state index is 0.208. The van der Waals surface area contributed by atoms with Crippen LogP contribution in [0.25, 0.3) is 0 Å². The van der Waals surface area contributed by atoms with E-state index in [0.29, 0.717) is 36.3 Å². The van der Waals surface area contributed by atoms with E-state index in [1.165, 1.54) is 0 Å². The van der Waals surface area contributed by atoms with E-state index in [1.54, 1.807) is 25.3 Å². The number of hydrogen-bond donors (Lipinski definition) is 2. The maximum Gasteiger partial charge on any atom is 0.319 e. The van der Waals surface area contributed by atoms with Gasteiger partial charge in [-0.1, -0.05) is 27.7 Å². The van der Waals surface area contributed by atoms with E-state index in [2.05, 4.69) is 43.2 Å². The van der Waals surface area contributed by atoms with Crippen LogP contribution < -0.4 is 20.1 Å². The molecule has 25 heavy (non-hydrogen) atoms. The normalized spacial score (nSPS) is 10.8. The number of hydrogen-bond acceptors (Lipinski definition) is 4. The number of ether oxygens (including phenoxy) is 2. The Kier molecular flexibility index (Phi) is 9.77. The molecule has 0 heterocycles. The lowest BCUT2D eigenvalue weighted by Crippen LogP contribution is -2.30. The first-order chi connectivity index (χ1) is 12.0. The van der Waals surface area contributed by atoms with Gasteiger partial charge in [-0.2, -0.15) is 0 Å². The predicted octanol–water partition coefficient (Wildman–Crippen LogP) is 3.58. The molecule has 2 amide bonds. The summed E-state index contributed by atoms with van der Waals surface area (Å²) in [4.78, 5) is 14.2. The highest BCUT2D eigenvalue weighted by molar-refractivity contribution is 5.89. The van der Waals surface area contributed by atoms with Gasteiger partial charge in [-0.05, 0) is 37.6 Å². The number of urea groups is 1. The Hall–Kier alpha value is -1.95. The highest BCUT2D eigenvalue weighted by atomic mass is 16.5. The Bertz CT molecular complexity index is 517. The van der Waals surface area contributed by atoms with Crippen molar-refractivity contribution in [2.24, 2.45) is 5.92 Å². The SMILES string of the molecule is CCN(CC)CCOc1cc(NC(=O)NCCC(C)C)ccc1OC. The number of amides is 2. The summed E-state index contributed by atoms with van der Waals surface area (Å²) in [6.07, 6.45) is 0.954. The smallest absolute Gasteiger partial charge is 0.319 e. The van der Waals surface area contributed by atoms with Gasteiger partial charge < -0.3 is 25.0 Å². The van der Waals surface area contributed by atoms with Crippen LogP contribution in [0.2, 0.25) is 0 Å². The van der Waals surface area contributed by atoms with E-state index in [9.17, 15) is 4.79 Å². The van der Waals surface area contributed by atoms with E-state index in [0.717, 1.165) is 26.1 Å². The zero-order valence-electron chi connectivity index (χ0n) is 16.2. The van der Waals surface area contributed by atoms with Gasteiger partial charge in [0.05, 0.1) is 7.11 Å². The highest BCUT2D eigenvalue weighted by Crippen LogP contribution is 2.30. The molecule has 1 rings (SSSR count). The Labute approximate surface area is 151 Å². The topological polar surface area (TPSA) is 62.8 Å². The van der Waals surface area contributed by atoms with Gasteiger partial charge >= 0.3 is 6.03 Å². The van der Waals surface area contributed by atoms with Crippen molar-refractivity contribution < 1.29 is 14.3 Å². The molecule has 0 bridgehead atoms. The zero-order valence-corrected chi connectivity index (χ0v) is 16.2. The first-order valence-electron chi connectivity index (χ1n) is 9.08. The van der Waals surface area contributed by atoms with Crippen LogP contribution in [0, 0.1) is 5.92 Å². The van der Waals surface area contributed by atoms with E-state index in [1.807, 2.05) is 0 Å². The molecule has 1 aromatic carbocycles. The minimum Gasteiger partial charge on any atom is -0.493 e. The molecular formula is C19H33N3O3. The number of rotatable bonds is 11. The molecule has 0 aliphatic heterocycles. The lowest BCUT2D eigenvalue weighted by atomic mass is 10.1. The quantitative estimate of drug-likeness (QED) is 0.640. The predicted molar refractivity (Wildman–Crippen MR) is 103 cm³/mol. The molecule has 0 aliphatic carbocycles. The van der Waals surface area contributed by atoms with Crippen LogP contribution >= 0.6 is 0 Å². The summed E-state index contributed by atoms with van der Waals surface area (Å²) in [5.74, 6) is 1.85. The van der Waals surface area contributed by atoms with Gasteiger partial charge in [-0.15, -0.1) is 0 Å². The summed E-state index contributed by atoms with van der Waals surface area (Å²) < 4.78 is 11.2. The molecule has 1 aromatic rings. The Morgan fingerprint density at radius 1 is 1.20 bits per heavy atom. The Balaban J connectivity index is 2.60. The summed E-state index contributed by atoms with van der Waals surface area (Å²) in [5.41, 5.74) is 0.681. The lowest BCUT2D eigenvalue weighted by Gasteiger charge is -2.19. The van der Waals surface area contributed by atoms with Crippen molar-refractivity contribution in [1.29, 1.82) is 0 Å². The van der Waals surface area contributed by atoms with Crippen molar-refractivity contribution in [2.45, 2.75) is 34.1 Å². The maximum absolute atomic E-state index is 11.9. The van der Waals surface area contributed by atoms with Gasteiger partial charge in [0, 0.05) is 24.8 Å². The molecule has 0 saturated carbocycles. The molecule has 0 radical (unpaired) electrons. The van der Waals surface area contributed by atoms with E-state index >= 15 is 0 Å². The molecule has 0 saturated heterocycles. The molecular weight excluding hydrogens is 318 g/mol. The average Bonchev–Trinajstić information content (AvgIpc) is 2.58. The minimum atomic E-state index is -0.208. The Morgan fingerprint density at radius 2 is 1.92 bits per heavy atom. The van der Waals surface area contributed by atoms with E-state index in [-0.39, 0.29) is 6.03 Å². The van der Waals surface area contributed by atoms with Crippen LogP contribution in [0.15, 0.2) is 18.2 Å². The number of nitrogens with zero attached hydrogens (tertiary/aromatic N) is 1. The van der Waals surface area contributed by atoms with Crippen LogP contribution in [-0.4, -0.2) is 50.8 Å². The third-order valence-corrected chi connectivity index (χ3v) is 3.99. The molecule has 0 aromatic heterocycles. The van der Waals surface area contributed by atoms with Crippen LogP contribution in [0.5, 0.6) is 11.5 Å². The number of anilines is 1. The van der Waals surface area contributed by atoms with Gasteiger partial charge in [0.15, 0.2) is 11.5 Å². The number of likely N-dealkylation sites (N-methyl/N-ethyl adjacent to an activating group) is 1. The molecule has 6 heteroatoms. The number of nitrogens with one attached hydrogen (secondary N) is 2. The van der Waals surface area contributed by atoms with Crippen LogP contribution in [0.1, 0.15) is 34.1 Å². The number of carbonyl (C=O) groups excluding carboxylic acids is 1. The number of carbonyl (C=O) groups is 1. The standard InChI is InChI=1S/C19H33N3O3/c1-6-22(7-2)12-13-25-18-14-16(8-9-17(18)24-5)21-19(23)20-11-10-15(3)4/h8-9,14-15H,6-7,10-13H2,1-5H3,(H2,20,21,23). The first-order valence-corrected chi connectivity index (χ1v) is 9.08. The number of benzene rings is 1. The van der Waals surface area contributed by atoms with Gasteiger partial charge in [0.2, 0.25) is 0 Å². The highest BCUT2D eigenvalue weighted by Gasteiger charge is 2.09. The van der Waals surface area contributed by atoms with Crippen molar-refractivity contribution in [3.63, 3.8) is 0 Å². The van der Waals surface area contributed by atoms with Crippen LogP contribution in [0.4, 0.5) is 10.5 Å². The van der Waals surface area contributed by atoms with Crippen molar-refractivity contribution in [2.75, 3.05) is 45.2 Å². The average molecular weight is 351 g/mol. The molecule has 0 spiro atoms. The van der Waals surface area contributed by atoms with Crippen molar-refractivity contribution in [1.82, 2.24) is 10.2 Å². The van der Waals surface area contributed by atoms with Crippen molar-refractivity contribution in [3.05, 3.63) is 18.2 Å². The largest absolute Gasteiger partial charge is 0.493 e. The van der Waals surface area contributed by atoms with Gasteiger partial charge in [-0.25, -0.2) is 4.79 Å². The Morgan fingerprint density at radius 3 is 2.52 bits per heavy atom. The fourth-order valence-corrected chi connectivity index (χ4v) is 2.34. The molecule has 0 atom stereocenters. The third-order valence-electron chi connectivity index (χ3n) is 3.99. The monoisotopic (exact) mass is 351 g/mol. The second kappa shape index (κ2) is 11.6. The van der Waals surface area contributed by atoms with Gasteiger partial charge in [0.1, 0.15) is 6.61 Å². The molecule has 0 aliphatic rings. The summed E-state index contributed by atoms with van der Waals surface area (Å²) >= 11 is 0. The zero-order chi connectivity index (χ0) is 18.7. The molecule has 0 fully saturated rings. The maximum atomic E-state index is 11.9. The lowest BCUT2D eigenvalue weighted by molar-refractivity contribution is 0.217. The fourth-order valence-electron chi connectivity index (χ4n) is 2.34. The van der Waals surface area contributed by atoms with Crippen LogP contribution in [-0.2, 0) is 0 Å². The second-order valence-electron chi connectivity index (χ2n) is 6.30. The van der Waals surface area contributed by atoms with Gasteiger partial charge in [-0.3, -0.25) is 0 Å². The van der Waals surface area contributed by atoms with Gasteiger partial charge in [0.25, 0.3) is 0 Å². The van der Waals surface area contributed by atoms with Crippen molar-refractivity contribution in [3.8, 4) is 11.5 Å². The summed E-state index contributed by atoms with van der Waals surface area (Å²) in [7, 11) is 1.61. The van der Waals surface area contributed by atoms with E-state index < -0.39 is 0 Å². The van der Waals surface area contributed by atoms with Crippen LogP contribution in [0.3, 0.4) is 0 Å². The summed E-state index contributed by atoms with van der Waals surface area (Å²) in [5, 5.41) is 5.69. The third kappa shape index (κ3) is 8.12. The van der Waals surface area contributed by atoms with E-state index in [4.69, 9.17) is 9.47 Å². The number of methoxy groups -OCH3 is 1. The molecule has 0 unspecified atom stereocenters. The molecule has 142 valence electrons. The van der Waals surface area contributed by atoms with Crippen molar-refractivity contribution >= 4 is 11.7 Å². The summed E-state index contributed by atoms with van der Waals surface area (Å²) in [6.45, 7) is 12.6. The molecule has 6 nitrogen and oxygen atoms in total. The summed E-state index contributed by atoms with van der Waals surface area (Å²) in [6, 6.07) is 5.19. The second-order valence-corrected chi connectivity index (χ2v) is 6.30. The molecule has 2 N–H and O–H groups in total.